The molecular formula is C24H30N2O4S. The fourth-order valence-corrected chi connectivity index (χ4v) is 5.46. The van der Waals surface area contributed by atoms with Crippen molar-refractivity contribution in [2.75, 3.05) is 12.8 Å². The number of hydrogen-bond donors (Lipinski definition) is 1. The molecule has 6 nitrogen and oxygen atoms in total. The maximum absolute atomic E-state index is 13.0. The van der Waals surface area contributed by atoms with Gasteiger partial charge in [0.15, 0.2) is 0 Å². The lowest BCUT2D eigenvalue weighted by Gasteiger charge is -2.44. The van der Waals surface area contributed by atoms with Crippen LogP contribution in [0.15, 0.2) is 54.6 Å². The van der Waals surface area contributed by atoms with Crippen LogP contribution in [0.2, 0.25) is 0 Å². The van der Waals surface area contributed by atoms with E-state index in [9.17, 15) is 13.2 Å². The fourth-order valence-electron chi connectivity index (χ4n) is 4.73. The van der Waals surface area contributed by atoms with Crippen molar-refractivity contribution in [3.8, 4) is 5.75 Å². The van der Waals surface area contributed by atoms with E-state index in [1.54, 1.807) is 0 Å². The molecule has 1 atom stereocenters. The van der Waals surface area contributed by atoms with E-state index in [-0.39, 0.29) is 30.6 Å². The number of amides is 1. The summed E-state index contributed by atoms with van der Waals surface area (Å²) in [6, 6.07) is 17.0. The molecule has 0 unspecified atom stereocenters. The largest absolute Gasteiger partial charge is 0.487 e. The van der Waals surface area contributed by atoms with Crippen molar-refractivity contribution in [2.45, 2.75) is 56.7 Å². The predicted molar refractivity (Wildman–Crippen MR) is 120 cm³/mol. The molecule has 1 aliphatic heterocycles. The van der Waals surface area contributed by atoms with Gasteiger partial charge in [0, 0.05) is 18.5 Å². The molecular weight excluding hydrogens is 412 g/mol. The summed E-state index contributed by atoms with van der Waals surface area (Å²) >= 11 is 0. The van der Waals surface area contributed by atoms with Crippen LogP contribution in [0.3, 0.4) is 0 Å². The van der Waals surface area contributed by atoms with Gasteiger partial charge in [-0.2, -0.15) is 4.31 Å². The third-order valence-electron chi connectivity index (χ3n) is 6.29. The summed E-state index contributed by atoms with van der Waals surface area (Å²) in [6.45, 7) is -0.0400. The Balaban J connectivity index is 1.51. The van der Waals surface area contributed by atoms with Crippen LogP contribution in [0.25, 0.3) is 0 Å². The molecule has 2 aromatic rings. The summed E-state index contributed by atoms with van der Waals surface area (Å²) in [5.41, 5.74) is 1.56. The van der Waals surface area contributed by atoms with Crippen LogP contribution in [0.5, 0.6) is 5.75 Å². The van der Waals surface area contributed by atoms with E-state index >= 15 is 0 Å². The van der Waals surface area contributed by atoms with Gasteiger partial charge in [-0.05, 0) is 37.3 Å². The van der Waals surface area contributed by atoms with Crippen LogP contribution in [-0.2, 0) is 21.4 Å². The van der Waals surface area contributed by atoms with Gasteiger partial charge in [0.1, 0.15) is 11.4 Å². The molecule has 7 heteroatoms. The summed E-state index contributed by atoms with van der Waals surface area (Å²) in [4.78, 5) is 13.0. The fraction of sp³-hybridized carbons (Fsp3) is 0.458. The molecule has 31 heavy (non-hydrogen) atoms. The molecule has 2 aromatic carbocycles. The van der Waals surface area contributed by atoms with Crippen LogP contribution < -0.4 is 10.1 Å². The van der Waals surface area contributed by atoms with E-state index in [0.29, 0.717) is 6.42 Å². The van der Waals surface area contributed by atoms with E-state index in [2.05, 4.69) is 5.32 Å². The maximum atomic E-state index is 13.0. The predicted octanol–water partition coefficient (Wildman–Crippen LogP) is 3.79. The molecule has 1 spiro atoms. The number of benzene rings is 2. The Bertz CT molecular complexity index is 1020. The van der Waals surface area contributed by atoms with Crippen molar-refractivity contribution in [2.24, 2.45) is 0 Å². The highest BCUT2D eigenvalue weighted by Gasteiger charge is 2.42. The van der Waals surface area contributed by atoms with E-state index in [1.807, 2.05) is 54.6 Å². The lowest BCUT2D eigenvalue weighted by molar-refractivity contribution is -0.123. The first-order valence-corrected chi connectivity index (χ1v) is 12.8. The number of carbonyl (C=O) groups is 1. The van der Waals surface area contributed by atoms with Gasteiger partial charge in [0.05, 0.1) is 18.8 Å². The van der Waals surface area contributed by atoms with Gasteiger partial charge in [0.2, 0.25) is 15.9 Å². The summed E-state index contributed by atoms with van der Waals surface area (Å²) in [7, 11) is -3.54. The zero-order chi connectivity index (χ0) is 21.9. The quantitative estimate of drug-likeness (QED) is 0.739. The summed E-state index contributed by atoms with van der Waals surface area (Å²) in [5.74, 6) is 0.527. The normalized spacial score (nSPS) is 20.1. The van der Waals surface area contributed by atoms with Crippen molar-refractivity contribution in [1.82, 2.24) is 9.62 Å². The minimum Gasteiger partial charge on any atom is -0.487 e. The van der Waals surface area contributed by atoms with Crippen molar-refractivity contribution >= 4 is 15.9 Å². The summed E-state index contributed by atoms with van der Waals surface area (Å²) < 4.78 is 32.3. The average Bonchev–Trinajstić information content (AvgIpc) is 2.74. The zero-order valence-corrected chi connectivity index (χ0v) is 18.7. The van der Waals surface area contributed by atoms with Gasteiger partial charge >= 0.3 is 0 Å². The van der Waals surface area contributed by atoms with E-state index in [1.165, 1.54) is 10.7 Å². The van der Waals surface area contributed by atoms with Gasteiger partial charge in [0.25, 0.3) is 0 Å². The lowest BCUT2D eigenvalue weighted by atomic mass is 9.77. The number of nitrogens with one attached hydrogen (secondary N) is 1. The van der Waals surface area contributed by atoms with Crippen LogP contribution >= 0.6 is 0 Å². The van der Waals surface area contributed by atoms with Crippen LogP contribution in [0, 0.1) is 0 Å². The van der Waals surface area contributed by atoms with Crippen molar-refractivity contribution < 1.29 is 17.9 Å². The van der Waals surface area contributed by atoms with Crippen LogP contribution in [-0.4, -0.2) is 37.0 Å². The Morgan fingerprint density at radius 3 is 2.45 bits per heavy atom. The Kier molecular flexibility index (Phi) is 6.34. The highest BCUT2D eigenvalue weighted by molar-refractivity contribution is 7.88. The monoisotopic (exact) mass is 442 g/mol. The molecule has 0 saturated heterocycles. The van der Waals surface area contributed by atoms with Gasteiger partial charge in [-0.1, -0.05) is 55.0 Å². The lowest BCUT2D eigenvalue weighted by Crippen LogP contribution is -2.48. The molecule has 2 aliphatic rings. The van der Waals surface area contributed by atoms with E-state index in [0.717, 1.165) is 48.8 Å². The molecule has 1 fully saturated rings. The first-order chi connectivity index (χ1) is 14.8. The number of nitrogens with zero attached hydrogens (tertiary/aromatic N) is 1. The van der Waals surface area contributed by atoms with Crippen molar-refractivity contribution in [1.29, 1.82) is 0 Å². The molecule has 0 bridgehead atoms. The smallest absolute Gasteiger partial charge is 0.235 e. The average molecular weight is 443 g/mol. The molecule has 1 heterocycles. The van der Waals surface area contributed by atoms with Crippen molar-refractivity contribution in [3.05, 3.63) is 65.7 Å². The highest BCUT2D eigenvalue weighted by atomic mass is 32.2. The van der Waals surface area contributed by atoms with Gasteiger partial charge in [-0.25, -0.2) is 8.42 Å². The second-order valence-corrected chi connectivity index (χ2v) is 10.7. The summed E-state index contributed by atoms with van der Waals surface area (Å²) in [6.07, 6.45) is 7.29. The minimum atomic E-state index is -3.54. The van der Waals surface area contributed by atoms with Gasteiger partial charge < -0.3 is 10.1 Å². The Hall–Kier alpha value is -2.38. The standard InChI is InChI=1S/C24H30N2O4S/c1-31(28,29)26(17-19-10-4-2-5-11-19)18-23(27)25-21-16-24(14-8-3-9-15-24)30-22-13-7-6-12-20(21)22/h2,4-7,10-13,21H,3,8-9,14-18H2,1H3,(H,25,27)/t21-/m1/s1. The Morgan fingerprint density at radius 1 is 1.06 bits per heavy atom. The molecule has 1 N–H and O–H groups in total. The third kappa shape index (κ3) is 5.28. The van der Waals surface area contributed by atoms with E-state index in [4.69, 9.17) is 4.74 Å². The van der Waals surface area contributed by atoms with Gasteiger partial charge in [-0.3, -0.25) is 4.79 Å². The highest BCUT2D eigenvalue weighted by Crippen LogP contribution is 2.46. The minimum absolute atomic E-state index is 0.168. The molecule has 0 radical (unpaired) electrons. The van der Waals surface area contributed by atoms with E-state index < -0.39 is 10.0 Å². The number of rotatable bonds is 6. The van der Waals surface area contributed by atoms with Crippen molar-refractivity contribution in [3.63, 3.8) is 0 Å². The van der Waals surface area contributed by atoms with Crippen LogP contribution in [0.4, 0.5) is 0 Å². The maximum Gasteiger partial charge on any atom is 0.235 e. The molecule has 1 saturated carbocycles. The molecule has 1 aliphatic carbocycles. The Morgan fingerprint density at radius 2 is 1.74 bits per heavy atom. The SMILES string of the molecule is CS(=O)(=O)N(CC(=O)N[C@@H]1CC2(CCCCC2)Oc2ccccc21)Cc1ccccc1. The number of carbonyl (C=O) groups excluding carboxylic acids is 1. The topological polar surface area (TPSA) is 75.7 Å². The summed E-state index contributed by atoms with van der Waals surface area (Å²) in [5, 5.41) is 3.11. The zero-order valence-electron chi connectivity index (χ0n) is 17.9. The number of para-hydroxylation sites is 1. The number of ether oxygens (including phenoxy) is 1. The first kappa shape index (κ1) is 21.8. The number of hydrogen-bond acceptors (Lipinski definition) is 4. The molecule has 166 valence electrons. The number of sulfonamides is 1. The second-order valence-electron chi connectivity index (χ2n) is 8.72. The molecule has 4 rings (SSSR count). The second kappa shape index (κ2) is 9.01. The molecule has 0 aromatic heterocycles. The number of fused-ring (bicyclic) bond motifs is 1. The first-order valence-electron chi connectivity index (χ1n) is 10.9. The van der Waals surface area contributed by atoms with Crippen LogP contribution in [0.1, 0.15) is 55.7 Å². The van der Waals surface area contributed by atoms with Gasteiger partial charge in [-0.15, -0.1) is 0 Å². The third-order valence-corrected chi connectivity index (χ3v) is 7.48. The Labute approximate surface area is 184 Å². The molecule has 1 amide bonds.